The first-order valence-electron chi connectivity index (χ1n) is 7.21. The average molecular weight is 291 g/mol. The molecule has 1 rings (SSSR count). The minimum Gasteiger partial charge on any atom is -0.481 e. The quantitative estimate of drug-likeness (QED) is 0.790. The molecule has 116 valence electrons. The summed E-state index contributed by atoms with van der Waals surface area (Å²) < 4.78 is 0. The van der Waals surface area contributed by atoms with Crippen molar-refractivity contribution in [2.45, 2.75) is 59.0 Å². The highest BCUT2D eigenvalue weighted by Crippen LogP contribution is 2.16. The molecule has 4 nitrogen and oxygen atoms in total. The third kappa shape index (κ3) is 5.68. The number of carboxylic acid groups (broad SMARTS) is 1. The first-order chi connectivity index (χ1) is 9.60. The van der Waals surface area contributed by atoms with Crippen molar-refractivity contribution in [2.24, 2.45) is 0 Å². The van der Waals surface area contributed by atoms with E-state index in [0.29, 0.717) is 12.0 Å². The summed E-state index contributed by atoms with van der Waals surface area (Å²) in [6.45, 7) is 9.80. The number of carbonyl (C=O) groups excluding carboxylic acids is 1. The van der Waals surface area contributed by atoms with Gasteiger partial charge in [0, 0.05) is 17.5 Å². The fraction of sp³-hybridized carbons (Fsp3) is 0.529. The molecule has 0 aromatic heterocycles. The van der Waals surface area contributed by atoms with E-state index in [1.807, 2.05) is 52.8 Å². The van der Waals surface area contributed by atoms with Gasteiger partial charge in [-0.1, -0.05) is 23.8 Å². The molecular formula is C17H25NO3. The minimum absolute atomic E-state index is 0.0234. The largest absolute Gasteiger partial charge is 0.481 e. The van der Waals surface area contributed by atoms with Crippen LogP contribution >= 0.6 is 0 Å². The maximum Gasteiger partial charge on any atom is 0.303 e. The van der Waals surface area contributed by atoms with Gasteiger partial charge in [0.15, 0.2) is 5.78 Å². The van der Waals surface area contributed by atoms with Crippen molar-refractivity contribution in [3.8, 4) is 0 Å². The summed E-state index contributed by atoms with van der Waals surface area (Å²) in [6.07, 6.45) is 0.267. The smallest absolute Gasteiger partial charge is 0.303 e. The lowest BCUT2D eigenvalue weighted by molar-refractivity contribution is -0.137. The number of aryl methyl sites for hydroxylation is 2. The van der Waals surface area contributed by atoms with Gasteiger partial charge in [0.2, 0.25) is 0 Å². The molecular weight excluding hydrogens is 266 g/mol. The second kappa shape index (κ2) is 6.85. The van der Waals surface area contributed by atoms with Gasteiger partial charge < -0.3 is 10.4 Å². The Morgan fingerprint density at radius 3 is 2.33 bits per heavy atom. The Balaban J connectivity index is 3.00. The lowest BCUT2D eigenvalue weighted by Crippen LogP contribution is -2.48. The summed E-state index contributed by atoms with van der Waals surface area (Å²) in [6, 6.07) is 5.22. The normalized spacial score (nSPS) is 13.0. The molecule has 0 saturated heterocycles. The van der Waals surface area contributed by atoms with Crippen LogP contribution in [0.2, 0.25) is 0 Å². The molecule has 0 heterocycles. The molecule has 21 heavy (non-hydrogen) atoms. The predicted octanol–water partition coefficient (Wildman–Crippen LogP) is 3.11. The van der Waals surface area contributed by atoms with Crippen LogP contribution < -0.4 is 5.32 Å². The highest BCUT2D eigenvalue weighted by molar-refractivity contribution is 6.01. The zero-order valence-corrected chi connectivity index (χ0v) is 13.5. The van der Waals surface area contributed by atoms with E-state index in [-0.39, 0.29) is 17.7 Å². The zero-order valence-electron chi connectivity index (χ0n) is 13.5. The molecule has 0 amide bonds. The van der Waals surface area contributed by atoms with Crippen LogP contribution in [0, 0.1) is 13.8 Å². The number of rotatable bonds is 6. The fourth-order valence-electron chi connectivity index (χ4n) is 2.34. The number of benzene rings is 1. The second-order valence-corrected chi connectivity index (χ2v) is 6.56. The van der Waals surface area contributed by atoms with Gasteiger partial charge in [0.05, 0.1) is 6.04 Å². The van der Waals surface area contributed by atoms with E-state index < -0.39 is 12.0 Å². The molecule has 0 bridgehead atoms. The van der Waals surface area contributed by atoms with Crippen LogP contribution in [-0.2, 0) is 4.79 Å². The molecule has 0 aliphatic heterocycles. The maximum absolute atomic E-state index is 12.7. The number of ketones is 1. The van der Waals surface area contributed by atoms with E-state index >= 15 is 0 Å². The number of hydrogen-bond donors (Lipinski definition) is 2. The van der Waals surface area contributed by atoms with Crippen LogP contribution in [0.4, 0.5) is 0 Å². The Bertz CT molecular complexity index is 529. The average Bonchev–Trinajstić information content (AvgIpc) is 2.32. The predicted molar refractivity (Wildman–Crippen MR) is 83.8 cm³/mol. The molecule has 1 atom stereocenters. The summed E-state index contributed by atoms with van der Waals surface area (Å²) in [4.78, 5) is 23.5. The number of aliphatic carboxylic acids is 1. The first kappa shape index (κ1) is 17.4. The Kier molecular flexibility index (Phi) is 5.67. The Morgan fingerprint density at radius 1 is 1.24 bits per heavy atom. The summed E-state index contributed by atoms with van der Waals surface area (Å²) in [5.41, 5.74) is 2.44. The highest BCUT2D eigenvalue weighted by atomic mass is 16.4. The van der Waals surface area contributed by atoms with Gasteiger partial charge >= 0.3 is 5.97 Å². The van der Waals surface area contributed by atoms with Crippen molar-refractivity contribution in [1.29, 1.82) is 0 Å². The van der Waals surface area contributed by atoms with Crippen molar-refractivity contribution >= 4 is 11.8 Å². The third-order valence-electron chi connectivity index (χ3n) is 3.22. The zero-order chi connectivity index (χ0) is 16.2. The van der Waals surface area contributed by atoms with E-state index in [9.17, 15) is 9.59 Å². The van der Waals surface area contributed by atoms with Crippen molar-refractivity contribution in [1.82, 2.24) is 5.32 Å². The molecule has 1 aromatic rings. The Hall–Kier alpha value is -1.68. The van der Waals surface area contributed by atoms with E-state index in [1.54, 1.807) is 0 Å². The highest BCUT2D eigenvalue weighted by Gasteiger charge is 2.26. The lowest BCUT2D eigenvalue weighted by atomic mass is 9.93. The van der Waals surface area contributed by atoms with Gasteiger partial charge in [0.25, 0.3) is 0 Å². The number of Topliss-reactive ketones (excluding diaryl/α,β-unsaturated/α-hetero) is 1. The molecule has 0 aliphatic rings. The second-order valence-electron chi connectivity index (χ2n) is 6.56. The third-order valence-corrected chi connectivity index (χ3v) is 3.22. The SMILES string of the molecule is Cc1ccc(C(=O)C(CCC(=O)O)NC(C)(C)C)c(C)c1. The summed E-state index contributed by atoms with van der Waals surface area (Å²) >= 11 is 0. The minimum atomic E-state index is -0.885. The number of carboxylic acids is 1. The summed E-state index contributed by atoms with van der Waals surface area (Å²) in [7, 11) is 0. The summed E-state index contributed by atoms with van der Waals surface area (Å²) in [5.74, 6) is -0.923. The topological polar surface area (TPSA) is 66.4 Å². The van der Waals surface area contributed by atoms with Crippen molar-refractivity contribution in [3.63, 3.8) is 0 Å². The molecule has 2 N–H and O–H groups in total. The van der Waals surface area contributed by atoms with Gasteiger partial charge in [-0.2, -0.15) is 0 Å². The van der Waals surface area contributed by atoms with Crippen molar-refractivity contribution < 1.29 is 14.7 Å². The fourth-order valence-corrected chi connectivity index (χ4v) is 2.34. The molecule has 1 unspecified atom stereocenters. The number of nitrogens with one attached hydrogen (secondary N) is 1. The van der Waals surface area contributed by atoms with Crippen LogP contribution in [0.3, 0.4) is 0 Å². The maximum atomic E-state index is 12.7. The van der Waals surface area contributed by atoms with Gasteiger partial charge in [-0.05, 0) is 46.6 Å². The van der Waals surface area contributed by atoms with Gasteiger partial charge in [0.1, 0.15) is 0 Å². The molecule has 0 saturated carbocycles. The Labute approximate surface area is 126 Å². The van der Waals surface area contributed by atoms with E-state index in [2.05, 4.69) is 5.32 Å². The van der Waals surface area contributed by atoms with Gasteiger partial charge in [-0.3, -0.25) is 9.59 Å². The van der Waals surface area contributed by atoms with E-state index in [0.717, 1.165) is 11.1 Å². The van der Waals surface area contributed by atoms with E-state index in [1.165, 1.54) is 0 Å². The molecule has 0 fully saturated rings. The van der Waals surface area contributed by atoms with Gasteiger partial charge in [-0.25, -0.2) is 0 Å². The van der Waals surface area contributed by atoms with Crippen LogP contribution in [0.1, 0.15) is 55.1 Å². The van der Waals surface area contributed by atoms with Crippen LogP contribution in [0.15, 0.2) is 18.2 Å². The molecule has 0 aliphatic carbocycles. The first-order valence-corrected chi connectivity index (χ1v) is 7.21. The van der Waals surface area contributed by atoms with Crippen molar-refractivity contribution in [3.05, 3.63) is 34.9 Å². The van der Waals surface area contributed by atoms with Crippen LogP contribution in [0.25, 0.3) is 0 Å². The van der Waals surface area contributed by atoms with Gasteiger partial charge in [-0.15, -0.1) is 0 Å². The monoisotopic (exact) mass is 291 g/mol. The lowest BCUT2D eigenvalue weighted by Gasteiger charge is -2.28. The molecule has 1 aromatic carbocycles. The van der Waals surface area contributed by atoms with E-state index in [4.69, 9.17) is 5.11 Å². The van der Waals surface area contributed by atoms with Crippen LogP contribution in [0.5, 0.6) is 0 Å². The molecule has 0 radical (unpaired) electrons. The molecule has 4 heteroatoms. The number of hydrogen-bond acceptors (Lipinski definition) is 3. The van der Waals surface area contributed by atoms with Crippen LogP contribution in [-0.4, -0.2) is 28.4 Å². The number of carbonyl (C=O) groups is 2. The Morgan fingerprint density at radius 2 is 1.86 bits per heavy atom. The van der Waals surface area contributed by atoms with Crippen molar-refractivity contribution in [2.75, 3.05) is 0 Å². The standard InChI is InChI=1S/C17H25NO3/c1-11-6-7-13(12(2)10-11)16(21)14(8-9-15(19)20)18-17(3,4)5/h6-7,10,14,18H,8-9H2,1-5H3,(H,19,20). The molecule has 0 spiro atoms. The summed E-state index contributed by atoms with van der Waals surface area (Å²) in [5, 5.41) is 12.1.